The van der Waals surface area contributed by atoms with Gasteiger partial charge in [0, 0.05) is 16.6 Å². The van der Waals surface area contributed by atoms with Gasteiger partial charge in [-0.3, -0.25) is 4.79 Å². The molecule has 8 heteroatoms. The zero-order valence-corrected chi connectivity index (χ0v) is 21.4. The first-order chi connectivity index (χ1) is 17.5. The van der Waals surface area contributed by atoms with Gasteiger partial charge in [0.25, 0.3) is 5.91 Å². The monoisotopic (exact) mass is 521 g/mol. The maximum atomic E-state index is 13.4. The normalized spacial score (nSPS) is 14.9. The van der Waals surface area contributed by atoms with Gasteiger partial charge in [0.2, 0.25) is 0 Å². The molecule has 6 nitrogen and oxygen atoms in total. The highest BCUT2D eigenvalue weighted by molar-refractivity contribution is 7.21. The largest absolute Gasteiger partial charge is 0.493 e. The molecule has 1 aliphatic heterocycles. The predicted octanol–water partition coefficient (Wildman–Crippen LogP) is 5.90. The van der Waals surface area contributed by atoms with E-state index < -0.39 is 5.97 Å². The van der Waals surface area contributed by atoms with Crippen molar-refractivity contribution in [3.05, 3.63) is 93.3 Å². The molecule has 4 aromatic rings. The van der Waals surface area contributed by atoms with Crippen molar-refractivity contribution in [3.8, 4) is 11.5 Å². The molecule has 0 radical (unpaired) electrons. The Bertz CT molecular complexity index is 1430. The number of rotatable bonds is 6. The van der Waals surface area contributed by atoms with Crippen LogP contribution in [0.25, 0.3) is 10.1 Å². The zero-order chi connectivity index (χ0) is 25.2. The van der Waals surface area contributed by atoms with Gasteiger partial charge in [-0.1, -0.05) is 60.1 Å². The molecular formula is C28H24ClNO5S. The van der Waals surface area contributed by atoms with Crippen molar-refractivity contribution in [1.82, 2.24) is 4.90 Å². The molecule has 36 heavy (non-hydrogen) atoms. The molecule has 0 aliphatic carbocycles. The summed E-state index contributed by atoms with van der Waals surface area (Å²) in [4.78, 5) is 28.3. The van der Waals surface area contributed by atoms with Gasteiger partial charge in [0.15, 0.2) is 18.1 Å². The smallest absolute Gasteiger partial charge is 0.350 e. The number of carbonyl (C=O) groups excluding carboxylic acids is 2. The first-order valence-corrected chi connectivity index (χ1v) is 12.6. The summed E-state index contributed by atoms with van der Waals surface area (Å²) in [5, 5.41) is 1.15. The number of thiophene rings is 1. The van der Waals surface area contributed by atoms with E-state index in [1.807, 2.05) is 66.7 Å². The minimum absolute atomic E-state index is 0.283. The molecule has 0 saturated carbocycles. The minimum atomic E-state index is -0.602. The third-order valence-electron chi connectivity index (χ3n) is 6.36. The van der Waals surface area contributed by atoms with Crippen LogP contribution in [-0.4, -0.2) is 44.1 Å². The number of halogens is 1. The van der Waals surface area contributed by atoms with E-state index in [1.54, 1.807) is 19.1 Å². The van der Waals surface area contributed by atoms with Crippen LogP contribution in [0.4, 0.5) is 0 Å². The van der Waals surface area contributed by atoms with Crippen molar-refractivity contribution in [2.24, 2.45) is 0 Å². The molecule has 5 rings (SSSR count). The molecule has 1 aliphatic rings. The van der Waals surface area contributed by atoms with Crippen LogP contribution >= 0.6 is 22.9 Å². The van der Waals surface area contributed by atoms with Crippen molar-refractivity contribution < 1.29 is 23.8 Å². The van der Waals surface area contributed by atoms with E-state index >= 15 is 0 Å². The number of carbonyl (C=O) groups is 2. The molecule has 2 heterocycles. The molecule has 1 amide bonds. The van der Waals surface area contributed by atoms with E-state index in [4.69, 9.17) is 25.8 Å². The molecule has 1 atom stereocenters. The summed E-state index contributed by atoms with van der Waals surface area (Å²) in [6.07, 6.45) is 0.640. The summed E-state index contributed by atoms with van der Waals surface area (Å²) in [6, 6.07) is 20.8. The van der Waals surface area contributed by atoms with Crippen molar-refractivity contribution in [2.45, 2.75) is 12.5 Å². The SMILES string of the molecule is COc1cc2c(cc1OC)C(c1ccccc1)N(C(=O)COC(=O)c1sc3ccccc3c1Cl)CC2. The van der Waals surface area contributed by atoms with Gasteiger partial charge >= 0.3 is 5.97 Å². The average Bonchev–Trinajstić information content (AvgIpc) is 3.26. The fourth-order valence-electron chi connectivity index (χ4n) is 4.63. The molecule has 0 bridgehead atoms. The maximum absolute atomic E-state index is 13.4. The molecule has 0 spiro atoms. The Balaban J connectivity index is 1.42. The summed E-state index contributed by atoms with van der Waals surface area (Å²) in [5.74, 6) is 0.360. The van der Waals surface area contributed by atoms with E-state index in [0.717, 1.165) is 26.8 Å². The average molecular weight is 522 g/mol. The van der Waals surface area contributed by atoms with Crippen LogP contribution in [0.5, 0.6) is 11.5 Å². The first-order valence-electron chi connectivity index (χ1n) is 11.4. The lowest BCUT2D eigenvalue weighted by Gasteiger charge is -2.38. The van der Waals surface area contributed by atoms with Gasteiger partial charge in [-0.05, 0) is 41.3 Å². The summed E-state index contributed by atoms with van der Waals surface area (Å²) in [7, 11) is 3.20. The summed E-state index contributed by atoms with van der Waals surface area (Å²) >= 11 is 7.68. The third kappa shape index (κ3) is 4.40. The number of nitrogens with zero attached hydrogens (tertiary/aromatic N) is 1. The number of ether oxygens (including phenoxy) is 3. The van der Waals surface area contributed by atoms with Crippen molar-refractivity contribution in [2.75, 3.05) is 27.4 Å². The van der Waals surface area contributed by atoms with E-state index in [0.29, 0.717) is 34.4 Å². The van der Waals surface area contributed by atoms with Crippen LogP contribution < -0.4 is 9.47 Å². The van der Waals surface area contributed by atoms with E-state index in [-0.39, 0.29) is 18.6 Å². The van der Waals surface area contributed by atoms with Crippen molar-refractivity contribution in [3.63, 3.8) is 0 Å². The van der Waals surface area contributed by atoms with Gasteiger partial charge in [-0.25, -0.2) is 4.79 Å². The summed E-state index contributed by atoms with van der Waals surface area (Å²) in [5.41, 5.74) is 3.00. The molecule has 184 valence electrons. The van der Waals surface area contributed by atoms with Gasteiger partial charge in [-0.2, -0.15) is 0 Å². The lowest BCUT2D eigenvalue weighted by Crippen LogP contribution is -2.42. The van der Waals surface area contributed by atoms with Gasteiger partial charge in [0.1, 0.15) is 4.88 Å². The summed E-state index contributed by atoms with van der Waals surface area (Å²) in [6.45, 7) is 0.0947. The van der Waals surface area contributed by atoms with Crippen LogP contribution in [0.15, 0.2) is 66.7 Å². The Labute approximate surface area is 218 Å². The number of benzene rings is 3. The van der Waals surface area contributed by atoms with Crippen LogP contribution in [0.3, 0.4) is 0 Å². The Kier molecular flexibility index (Phi) is 6.85. The van der Waals surface area contributed by atoms with Crippen molar-refractivity contribution >= 4 is 44.9 Å². The van der Waals surface area contributed by atoms with E-state index in [2.05, 4.69) is 0 Å². The quantitative estimate of drug-likeness (QED) is 0.295. The molecule has 0 fully saturated rings. The minimum Gasteiger partial charge on any atom is -0.493 e. The fraction of sp³-hybridized carbons (Fsp3) is 0.214. The van der Waals surface area contributed by atoms with E-state index in [1.165, 1.54) is 11.3 Å². The van der Waals surface area contributed by atoms with Crippen LogP contribution in [0.2, 0.25) is 5.02 Å². The second-order valence-corrected chi connectivity index (χ2v) is 9.80. The molecule has 1 unspecified atom stereocenters. The highest BCUT2D eigenvalue weighted by atomic mass is 35.5. The number of fused-ring (bicyclic) bond motifs is 2. The molecule has 1 aromatic heterocycles. The Morgan fingerprint density at radius 2 is 1.69 bits per heavy atom. The molecule has 0 saturated heterocycles. The number of amides is 1. The predicted molar refractivity (Wildman–Crippen MR) is 140 cm³/mol. The van der Waals surface area contributed by atoms with Crippen LogP contribution in [-0.2, 0) is 16.0 Å². The fourth-order valence-corrected chi connectivity index (χ4v) is 6.03. The number of esters is 1. The highest BCUT2D eigenvalue weighted by Gasteiger charge is 2.34. The highest BCUT2D eigenvalue weighted by Crippen LogP contribution is 2.41. The van der Waals surface area contributed by atoms with E-state index in [9.17, 15) is 9.59 Å². The maximum Gasteiger partial charge on any atom is 0.350 e. The second kappa shape index (κ2) is 10.2. The lowest BCUT2D eigenvalue weighted by atomic mass is 9.87. The third-order valence-corrected chi connectivity index (χ3v) is 8.01. The molecular weight excluding hydrogens is 498 g/mol. The Morgan fingerprint density at radius 1 is 1.00 bits per heavy atom. The van der Waals surface area contributed by atoms with Crippen molar-refractivity contribution in [1.29, 1.82) is 0 Å². The van der Waals surface area contributed by atoms with Crippen LogP contribution in [0, 0.1) is 0 Å². The van der Waals surface area contributed by atoms with Gasteiger partial charge in [0.05, 0.1) is 25.3 Å². The second-order valence-electron chi connectivity index (χ2n) is 8.37. The summed E-state index contributed by atoms with van der Waals surface area (Å²) < 4.78 is 17.4. The Hall–Kier alpha value is -3.55. The zero-order valence-electron chi connectivity index (χ0n) is 19.8. The van der Waals surface area contributed by atoms with Crippen LogP contribution in [0.1, 0.15) is 32.4 Å². The Morgan fingerprint density at radius 3 is 2.42 bits per heavy atom. The molecule has 3 aromatic carbocycles. The first kappa shape index (κ1) is 24.2. The van der Waals surface area contributed by atoms with Gasteiger partial charge < -0.3 is 19.1 Å². The lowest BCUT2D eigenvalue weighted by molar-refractivity contribution is -0.136. The number of hydrogen-bond acceptors (Lipinski definition) is 6. The molecule has 0 N–H and O–H groups in total. The van der Waals surface area contributed by atoms with Gasteiger partial charge in [-0.15, -0.1) is 11.3 Å². The number of methoxy groups -OCH3 is 2. The number of hydrogen-bond donors (Lipinski definition) is 0. The standard InChI is InChI=1S/C28H24ClNO5S/c1-33-21-14-18-12-13-30(26(17-8-4-3-5-9-17)20(18)15-22(21)34-2)24(31)16-35-28(32)27-25(29)19-10-6-7-11-23(19)36-27/h3-11,14-15,26H,12-13,16H2,1-2H3. The topological polar surface area (TPSA) is 65.1 Å².